The predicted molar refractivity (Wildman–Crippen MR) is 78.5 cm³/mol. The Morgan fingerprint density at radius 3 is 2.84 bits per heavy atom. The lowest BCUT2D eigenvalue weighted by atomic mass is 9.88. The SMILES string of the molecule is CC1(C)CCC(CN2CCCc3ccccc32)C1=O. The number of Topliss-reactive ketones (excluding diaryl/α,β-unsaturated/α-hetero) is 1. The van der Waals surface area contributed by atoms with E-state index in [1.54, 1.807) is 0 Å². The summed E-state index contributed by atoms with van der Waals surface area (Å²) in [5.41, 5.74) is 2.70. The molecule has 1 aromatic rings. The van der Waals surface area contributed by atoms with Gasteiger partial charge in [-0.05, 0) is 37.3 Å². The lowest BCUT2D eigenvalue weighted by Gasteiger charge is -2.33. The van der Waals surface area contributed by atoms with Gasteiger partial charge in [-0.15, -0.1) is 0 Å². The molecule has 1 fully saturated rings. The molecular weight excluding hydrogens is 234 g/mol. The van der Waals surface area contributed by atoms with Gasteiger partial charge >= 0.3 is 0 Å². The van der Waals surface area contributed by atoms with E-state index in [0.717, 1.165) is 25.9 Å². The van der Waals surface area contributed by atoms with Crippen molar-refractivity contribution < 1.29 is 4.79 Å². The minimum Gasteiger partial charge on any atom is -0.371 e. The lowest BCUT2D eigenvalue weighted by molar-refractivity contribution is -0.127. The number of ketones is 1. The quantitative estimate of drug-likeness (QED) is 0.809. The van der Waals surface area contributed by atoms with E-state index in [0.29, 0.717) is 5.78 Å². The second-order valence-corrected chi connectivity index (χ2v) is 6.66. The molecule has 1 unspecified atom stereocenters. The van der Waals surface area contributed by atoms with Crippen molar-refractivity contribution in [3.05, 3.63) is 29.8 Å². The second-order valence-electron chi connectivity index (χ2n) is 6.66. The second kappa shape index (κ2) is 4.66. The van der Waals surface area contributed by atoms with E-state index in [1.165, 1.54) is 24.1 Å². The summed E-state index contributed by atoms with van der Waals surface area (Å²) < 4.78 is 0. The fourth-order valence-corrected chi connectivity index (χ4v) is 3.58. The Morgan fingerprint density at radius 1 is 1.32 bits per heavy atom. The summed E-state index contributed by atoms with van der Waals surface area (Å²) in [4.78, 5) is 14.8. The number of aryl methyl sites for hydroxylation is 1. The highest BCUT2D eigenvalue weighted by molar-refractivity contribution is 5.88. The Morgan fingerprint density at radius 2 is 2.11 bits per heavy atom. The number of anilines is 1. The smallest absolute Gasteiger partial charge is 0.143 e. The molecule has 19 heavy (non-hydrogen) atoms. The van der Waals surface area contributed by atoms with Gasteiger partial charge in [-0.25, -0.2) is 0 Å². The van der Waals surface area contributed by atoms with Gasteiger partial charge in [-0.1, -0.05) is 32.0 Å². The monoisotopic (exact) mass is 257 g/mol. The van der Waals surface area contributed by atoms with Gasteiger partial charge in [0.25, 0.3) is 0 Å². The number of hydrogen-bond acceptors (Lipinski definition) is 2. The largest absolute Gasteiger partial charge is 0.371 e. The van der Waals surface area contributed by atoms with Crippen LogP contribution in [0.4, 0.5) is 5.69 Å². The molecule has 1 saturated carbocycles. The maximum absolute atomic E-state index is 12.4. The van der Waals surface area contributed by atoms with Crippen LogP contribution < -0.4 is 4.90 Å². The highest BCUT2D eigenvalue weighted by Gasteiger charge is 2.41. The first kappa shape index (κ1) is 12.7. The van der Waals surface area contributed by atoms with Crippen LogP contribution in [0.25, 0.3) is 0 Å². The zero-order valence-corrected chi connectivity index (χ0v) is 12.0. The summed E-state index contributed by atoms with van der Waals surface area (Å²) in [7, 11) is 0. The van der Waals surface area contributed by atoms with Crippen LogP contribution in [0.2, 0.25) is 0 Å². The van der Waals surface area contributed by atoms with Gasteiger partial charge in [-0.3, -0.25) is 4.79 Å². The molecule has 0 spiro atoms. The van der Waals surface area contributed by atoms with Crippen LogP contribution in [-0.4, -0.2) is 18.9 Å². The molecule has 0 bridgehead atoms. The molecule has 2 aliphatic rings. The van der Waals surface area contributed by atoms with Crippen LogP contribution in [0.5, 0.6) is 0 Å². The van der Waals surface area contributed by atoms with Crippen molar-refractivity contribution in [1.29, 1.82) is 0 Å². The fraction of sp³-hybridized carbons (Fsp3) is 0.588. The molecule has 2 heteroatoms. The van der Waals surface area contributed by atoms with E-state index in [2.05, 4.69) is 43.0 Å². The first-order valence-corrected chi connectivity index (χ1v) is 7.45. The van der Waals surface area contributed by atoms with Gasteiger partial charge in [0.15, 0.2) is 0 Å². The minimum absolute atomic E-state index is 0.0973. The van der Waals surface area contributed by atoms with Gasteiger partial charge < -0.3 is 4.90 Å². The summed E-state index contributed by atoms with van der Waals surface area (Å²) in [5.74, 6) is 0.705. The average molecular weight is 257 g/mol. The number of hydrogen-bond donors (Lipinski definition) is 0. The molecule has 0 radical (unpaired) electrons. The van der Waals surface area contributed by atoms with Crippen LogP contribution in [-0.2, 0) is 11.2 Å². The van der Waals surface area contributed by atoms with E-state index < -0.39 is 0 Å². The Balaban J connectivity index is 1.77. The summed E-state index contributed by atoms with van der Waals surface area (Å²) >= 11 is 0. The first-order chi connectivity index (χ1) is 9.08. The van der Waals surface area contributed by atoms with Crippen molar-refractivity contribution in [2.45, 2.75) is 39.5 Å². The average Bonchev–Trinajstić information content (AvgIpc) is 2.66. The molecule has 1 atom stereocenters. The molecule has 1 aromatic carbocycles. The molecule has 1 heterocycles. The van der Waals surface area contributed by atoms with Crippen molar-refractivity contribution in [1.82, 2.24) is 0 Å². The van der Waals surface area contributed by atoms with Crippen molar-refractivity contribution in [2.24, 2.45) is 11.3 Å². The summed E-state index contributed by atoms with van der Waals surface area (Å²) in [6.07, 6.45) is 4.49. The van der Waals surface area contributed by atoms with E-state index >= 15 is 0 Å². The molecule has 0 N–H and O–H groups in total. The maximum Gasteiger partial charge on any atom is 0.143 e. The van der Waals surface area contributed by atoms with Gasteiger partial charge in [0.1, 0.15) is 5.78 Å². The maximum atomic E-state index is 12.4. The molecular formula is C17H23NO. The number of nitrogens with zero attached hydrogens (tertiary/aromatic N) is 1. The third-order valence-electron chi connectivity index (χ3n) is 4.80. The van der Waals surface area contributed by atoms with Crippen molar-refractivity contribution in [3.63, 3.8) is 0 Å². The lowest BCUT2D eigenvalue weighted by Crippen LogP contribution is -2.36. The summed E-state index contributed by atoms with van der Waals surface area (Å²) in [5, 5.41) is 0. The van der Waals surface area contributed by atoms with E-state index in [-0.39, 0.29) is 11.3 Å². The van der Waals surface area contributed by atoms with Crippen molar-refractivity contribution in [2.75, 3.05) is 18.0 Å². The number of carbonyl (C=O) groups is 1. The molecule has 102 valence electrons. The van der Waals surface area contributed by atoms with Crippen LogP contribution in [0.3, 0.4) is 0 Å². The summed E-state index contributed by atoms with van der Waals surface area (Å²) in [6.45, 7) is 6.21. The Bertz CT molecular complexity index is 492. The van der Waals surface area contributed by atoms with Crippen LogP contribution >= 0.6 is 0 Å². The number of fused-ring (bicyclic) bond motifs is 1. The molecule has 1 aliphatic carbocycles. The molecule has 0 aromatic heterocycles. The predicted octanol–water partition coefficient (Wildman–Crippen LogP) is 3.44. The van der Waals surface area contributed by atoms with Gasteiger partial charge in [-0.2, -0.15) is 0 Å². The standard InChI is InChI=1S/C17H23NO/c1-17(2)10-9-14(16(17)19)12-18-11-5-7-13-6-3-4-8-15(13)18/h3-4,6,8,14H,5,7,9-12H2,1-2H3. The number of benzene rings is 1. The zero-order valence-electron chi connectivity index (χ0n) is 12.0. The molecule has 3 rings (SSSR count). The van der Waals surface area contributed by atoms with Crippen LogP contribution in [0, 0.1) is 11.3 Å². The number of para-hydroxylation sites is 1. The van der Waals surface area contributed by atoms with Crippen molar-refractivity contribution in [3.8, 4) is 0 Å². The van der Waals surface area contributed by atoms with Gasteiger partial charge in [0, 0.05) is 30.1 Å². The Labute approximate surface area is 115 Å². The zero-order chi connectivity index (χ0) is 13.5. The molecule has 1 aliphatic heterocycles. The number of rotatable bonds is 2. The van der Waals surface area contributed by atoms with Crippen molar-refractivity contribution >= 4 is 11.5 Å². The van der Waals surface area contributed by atoms with E-state index in [9.17, 15) is 4.79 Å². The fourth-order valence-electron chi connectivity index (χ4n) is 3.58. The Kier molecular flexibility index (Phi) is 3.12. The number of carbonyl (C=O) groups excluding carboxylic acids is 1. The summed E-state index contributed by atoms with van der Waals surface area (Å²) in [6, 6.07) is 8.66. The highest BCUT2D eigenvalue weighted by Crippen LogP contribution is 2.39. The molecule has 0 amide bonds. The van der Waals surface area contributed by atoms with Gasteiger partial charge in [0.2, 0.25) is 0 Å². The van der Waals surface area contributed by atoms with E-state index in [1.807, 2.05) is 0 Å². The van der Waals surface area contributed by atoms with Crippen LogP contribution in [0.15, 0.2) is 24.3 Å². The van der Waals surface area contributed by atoms with Gasteiger partial charge in [0.05, 0.1) is 0 Å². The minimum atomic E-state index is -0.0973. The topological polar surface area (TPSA) is 20.3 Å². The Hall–Kier alpha value is -1.31. The van der Waals surface area contributed by atoms with Crippen LogP contribution in [0.1, 0.15) is 38.7 Å². The normalized spacial score (nSPS) is 25.5. The highest BCUT2D eigenvalue weighted by atomic mass is 16.1. The first-order valence-electron chi connectivity index (χ1n) is 7.45. The third-order valence-corrected chi connectivity index (χ3v) is 4.80. The molecule has 0 saturated heterocycles. The van der Waals surface area contributed by atoms with E-state index in [4.69, 9.17) is 0 Å². The molecule has 2 nitrogen and oxygen atoms in total. The third kappa shape index (κ3) is 2.29.